The summed E-state index contributed by atoms with van der Waals surface area (Å²) < 4.78 is 4.88. The maximum absolute atomic E-state index is 12.2. The van der Waals surface area contributed by atoms with Crippen LogP contribution in [0.3, 0.4) is 0 Å². The van der Waals surface area contributed by atoms with Crippen molar-refractivity contribution >= 4 is 34.3 Å². The van der Waals surface area contributed by atoms with E-state index in [2.05, 4.69) is 5.32 Å². The highest BCUT2D eigenvalue weighted by atomic mass is 32.1. The van der Waals surface area contributed by atoms with Gasteiger partial charge in [-0.1, -0.05) is 29.8 Å². The zero-order valence-corrected chi connectivity index (χ0v) is 14.5. The summed E-state index contributed by atoms with van der Waals surface area (Å²) in [6.07, 6.45) is 6.11. The van der Waals surface area contributed by atoms with Crippen molar-refractivity contribution in [2.45, 2.75) is 26.2 Å². The van der Waals surface area contributed by atoms with E-state index in [1.165, 1.54) is 35.0 Å². The van der Waals surface area contributed by atoms with Crippen LogP contribution in [0.2, 0.25) is 0 Å². The molecule has 5 heteroatoms. The minimum Gasteiger partial charge on any atom is -0.465 e. The Bertz CT molecular complexity index is 803. The fourth-order valence-corrected chi connectivity index (χ4v) is 4.09. The fraction of sp³-hybridized carbons (Fsp3) is 0.263. The Morgan fingerprint density at radius 2 is 1.96 bits per heavy atom. The van der Waals surface area contributed by atoms with Crippen LogP contribution in [-0.2, 0) is 22.4 Å². The maximum Gasteiger partial charge on any atom is 0.341 e. The minimum absolute atomic E-state index is 0.249. The molecular weight excluding hydrogens is 322 g/mol. The standard InChI is InChI=1S/C19H19NO3S/c1-12-6-8-13(9-7-12)10-11-16(21)20-18-17(19(22)23-2)14-4-3-5-15(14)24-18/h6-11H,3-5H2,1-2H3,(H,20,21)/b11-10+. The molecule has 3 rings (SSSR count). The molecule has 0 fully saturated rings. The van der Waals surface area contributed by atoms with Gasteiger partial charge < -0.3 is 10.1 Å². The van der Waals surface area contributed by atoms with Gasteiger partial charge in [-0.2, -0.15) is 0 Å². The predicted molar refractivity (Wildman–Crippen MR) is 96.5 cm³/mol. The third kappa shape index (κ3) is 3.41. The molecule has 0 bridgehead atoms. The normalized spacial score (nSPS) is 13.1. The number of methoxy groups -OCH3 is 1. The first-order valence-corrected chi connectivity index (χ1v) is 8.68. The van der Waals surface area contributed by atoms with Gasteiger partial charge in [-0.25, -0.2) is 4.79 Å². The van der Waals surface area contributed by atoms with Gasteiger partial charge in [0.15, 0.2) is 0 Å². The molecule has 0 spiro atoms. The number of carbonyl (C=O) groups excluding carboxylic acids is 2. The topological polar surface area (TPSA) is 55.4 Å². The number of amides is 1. The Morgan fingerprint density at radius 3 is 2.67 bits per heavy atom. The quantitative estimate of drug-likeness (QED) is 0.676. The fourth-order valence-electron chi connectivity index (χ4n) is 2.81. The molecule has 1 N–H and O–H groups in total. The summed E-state index contributed by atoms with van der Waals surface area (Å²) in [6, 6.07) is 7.91. The molecule has 1 heterocycles. The molecule has 0 unspecified atom stereocenters. The second kappa shape index (κ2) is 7.01. The van der Waals surface area contributed by atoms with Crippen molar-refractivity contribution in [3.63, 3.8) is 0 Å². The first-order valence-electron chi connectivity index (χ1n) is 7.87. The first-order chi connectivity index (χ1) is 11.6. The molecule has 24 heavy (non-hydrogen) atoms. The van der Waals surface area contributed by atoms with Gasteiger partial charge in [-0.05, 0) is 43.4 Å². The number of esters is 1. The van der Waals surface area contributed by atoms with E-state index in [1.54, 1.807) is 6.08 Å². The number of hydrogen-bond acceptors (Lipinski definition) is 4. The summed E-state index contributed by atoms with van der Waals surface area (Å²) in [5.41, 5.74) is 3.68. The molecule has 1 amide bonds. The molecule has 2 aromatic rings. The van der Waals surface area contributed by atoms with Gasteiger partial charge >= 0.3 is 5.97 Å². The molecule has 0 aliphatic heterocycles. The minimum atomic E-state index is -0.382. The number of anilines is 1. The number of aryl methyl sites for hydroxylation is 2. The lowest BCUT2D eigenvalue weighted by Crippen LogP contribution is -2.12. The van der Waals surface area contributed by atoms with Crippen molar-refractivity contribution in [3.8, 4) is 0 Å². The van der Waals surface area contributed by atoms with Crippen molar-refractivity contribution in [2.24, 2.45) is 0 Å². The van der Waals surface area contributed by atoms with E-state index in [0.717, 1.165) is 30.4 Å². The molecule has 0 atom stereocenters. The van der Waals surface area contributed by atoms with Crippen LogP contribution in [0, 0.1) is 6.92 Å². The van der Waals surface area contributed by atoms with Crippen LogP contribution in [-0.4, -0.2) is 19.0 Å². The summed E-state index contributed by atoms with van der Waals surface area (Å²) in [7, 11) is 1.37. The number of nitrogens with one attached hydrogen (secondary N) is 1. The average Bonchev–Trinajstić information content (AvgIpc) is 3.14. The smallest absolute Gasteiger partial charge is 0.341 e. The van der Waals surface area contributed by atoms with Gasteiger partial charge in [0.1, 0.15) is 5.00 Å². The van der Waals surface area contributed by atoms with Gasteiger partial charge in [-0.3, -0.25) is 4.79 Å². The van der Waals surface area contributed by atoms with Gasteiger partial charge in [0.2, 0.25) is 5.91 Å². The Hall–Kier alpha value is -2.40. The average molecular weight is 341 g/mol. The summed E-state index contributed by atoms with van der Waals surface area (Å²) in [4.78, 5) is 25.4. The summed E-state index contributed by atoms with van der Waals surface area (Å²) in [6.45, 7) is 2.02. The summed E-state index contributed by atoms with van der Waals surface area (Å²) in [5, 5.41) is 3.42. The van der Waals surface area contributed by atoms with E-state index < -0.39 is 0 Å². The highest BCUT2D eigenvalue weighted by molar-refractivity contribution is 7.17. The number of hydrogen-bond donors (Lipinski definition) is 1. The Labute approximate surface area is 145 Å². The van der Waals surface area contributed by atoms with E-state index in [9.17, 15) is 9.59 Å². The van der Waals surface area contributed by atoms with Crippen LogP contribution in [0.1, 0.15) is 38.3 Å². The van der Waals surface area contributed by atoms with Gasteiger partial charge in [0.05, 0.1) is 12.7 Å². The second-order valence-electron chi connectivity index (χ2n) is 5.79. The molecule has 0 saturated heterocycles. The van der Waals surface area contributed by atoms with Gasteiger partial charge in [0.25, 0.3) is 0 Å². The highest BCUT2D eigenvalue weighted by Crippen LogP contribution is 2.39. The van der Waals surface area contributed by atoms with Crippen LogP contribution < -0.4 is 5.32 Å². The van der Waals surface area contributed by atoms with Crippen molar-refractivity contribution in [2.75, 3.05) is 12.4 Å². The molecule has 1 aromatic heterocycles. The Morgan fingerprint density at radius 1 is 1.21 bits per heavy atom. The highest BCUT2D eigenvalue weighted by Gasteiger charge is 2.27. The number of thiophene rings is 1. The number of fused-ring (bicyclic) bond motifs is 1. The van der Waals surface area contributed by atoms with Crippen LogP contribution in [0.25, 0.3) is 6.08 Å². The number of rotatable bonds is 4. The summed E-state index contributed by atoms with van der Waals surface area (Å²) in [5.74, 6) is -0.632. The van der Waals surface area contributed by atoms with E-state index in [0.29, 0.717) is 10.6 Å². The van der Waals surface area contributed by atoms with E-state index >= 15 is 0 Å². The molecule has 0 radical (unpaired) electrons. The van der Waals surface area contributed by atoms with E-state index in [1.807, 2.05) is 31.2 Å². The predicted octanol–water partition coefficient (Wildman–Crippen LogP) is 3.98. The Kier molecular flexibility index (Phi) is 4.81. The van der Waals surface area contributed by atoms with Crippen LogP contribution >= 0.6 is 11.3 Å². The molecule has 1 aromatic carbocycles. The maximum atomic E-state index is 12.2. The number of benzene rings is 1. The van der Waals surface area contributed by atoms with Crippen molar-refractivity contribution < 1.29 is 14.3 Å². The lowest BCUT2D eigenvalue weighted by Gasteiger charge is -2.05. The molecule has 1 aliphatic carbocycles. The van der Waals surface area contributed by atoms with Crippen LogP contribution in [0.5, 0.6) is 0 Å². The zero-order chi connectivity index (χ0) is 17.1. The van der Waals surface area contributed by atoms with Crippen LogP contribution in [0.15, 0.2) is 30.3 Å². The van der Waals surface area contributed by atoms with E-state index in [-0.39, 0.29) is 11.9 Å². The zero-order valence-electron chi connectivity index (χ0n) is 13.7. The van der Waals surface area contributed by atoms with Crippen molar-refractivity contribution in [1.82, 2.24) is 0 Å². The molecule has 4 nitrogen and oxygen atoms in total. The Balaban J connectivity index is 1.77. The third-order valence-electron chi connectivity index (χ3n) is 4.05. The summed E-state index contributed by atoms with van der Waals surface area (Å²) >= 11 is 1.48. The van der Waals surface area contributed by atoms with Crippen molar-refractivity contribution in [3.05, 3.63) is 57.5 Å². The second-order valence-corrected chi connectivity index (χ2v) is 6.89. The van der Waals surface area contributed by atoms with Gasteiger partial charge in [0, 0.05) is 11.0 Å². The SMILES string of the molecule is COC(=O)c1c(NC(=O)/C=C/c2ccc(C)cc2)sc2c1CCC2. The third-order valence-corrected chi connectivity index (χ3v) is 5.26. The molecule has 0 saturated carbocycles. The lowest BCUT2D eigenvalue weighted by molar-refractivity contribution is -0.111. The van der Waals surface area contributed by atoms with Crippen LogP contribution in [0.4, 0.5) is 5.00 Å². The largest absolute Gasteiger partial charge is 0.465 e. The molecular formula is C19H19NO3S. The monoisotopic (exact) mass is 341 g/mol. The van der Waals surface area contributed by atoms with Gasteiger partial charge in [-0.15, -0.1) is 11.3 Å². The number of ether oxygens (including phenoxy) is 1. The molecule has 124 valence electrons. The molecule has 1 aliphatic rings. The van der Waals surface area contributed by atoms with Crippen molar-refractivity contribution in [1.29, 1.82) is 0 Å². The van der Waals surface area contributed by atoms with E-state index in [4.69, 9.17) is 4.74 Å². The number of carbonyl (C=O) groups is 2. The lowest BCUT2D eigenvalue weighted by atomic mass is 10.1. The first kappa shape index (κ1) is 16.5.